The number of H-pyrrole nitrogens is 1. The number of rotatable bonds is 4. The molecule has 1 fully saturated rings. The van der Waals surface area contributed by atoms with E-state index >= 15 is 0 Å². The number of para-hydroxylation sites is 1. The van der Waals surface area contributed by atoms with E-state index in [2.05, 4.69) is 20.4 Å². The number of piperidine rings is 1. The van der Waals surface area contributed by atoms with Gasteiger partial charge in [0.25, 0.3) is 5.91 Å². The van der Waals surface area contributed by atoms with Crippen LogP contribution in [0.25, 0.3) is 33.5 Å². The SMILES string of the molecule is Cn1cc(-c2cnc(N)c(-c3nc4c(C(=O)NC5CCN(C(=O)OC(C)(C)C)CC5)cccc4[nH]3)c2)cn1. The number of amides is 2. The van der Waals surface area contributed by atoms with Crippen LogP contribution in [0.5, 0.6) is 0 Å². The molecule has 1 aliphatic heterocycles. The largest absolute Gasteiger partial charge is 0.444 e. The molecule has 4 heterocycles. The Bertz CT molecular complexity index is 1490. The molecule has 1 aliphatic rings. The Labute approximate surface area is 220 Å². The molecule has 0 radical (unpaired) electrons. The van der Waals surface area contributed by atoms with Crippen LogP contribution in [0.1, 0.15) is 44.0 Å². The summed E-state index contributed by atoms with van der Waals surface area (Å²) in [6.45, 7) is 6.59. The summed E-state index contributed by atoms with van der Waals surface area (Å²) in [6.07, 6.45) is 6.33. The Morgan fingerprint density at radius 3 is 2.61 bits per heavy atom. The summed E-state index contributed by atoms with van der Waals surface area (Å²) >= 11 is 0. The minimum absolute atomic E-state index is 0.0501. The molecule has 2 amide bonds. The van der Waals surface area contributed by atoms with E-state index in [0.29, 0.717) is 54.2 Å². The van der Waals surface area contributed by atoms with Crippen LogP contribution in [0.15, 0.2) is 42.9 Å². The zero-order valence-corrected chi connectivity index (χ0v) is 22.0. The van der Waals surface area contributed by atoms with Crippen LogP contribution >= 0.6 is 0 Å². The molecular formula is C27H32N8O3. The van der Waals surface area contributed by atoms with Crippen molar-refractivity contribution in [3.63, 3.8) is 0 Å². The standard InChI is InChI=1S/C27H32N8O3/c1-27(2,3)38-26(37)35-10-8-18(9-11-35)31-25(36)19-6-5-7-21-22(19)33-24(32-21)20-12-16(13-29-23(20)28)17-14-30-34(4)15-17/h5-7,12-15,18H,8-11H2,1-4H3,(H2,28,29)(H,31,36)(H,32,33). The molecule has 4 aromatic rings. The fourth-order valence-electron chi connectivity index (χ4n) is 4.53. The highest BCUT2D eigenvalue weighted by Gasteiger charge is 2.28. The average Bonchev–Trinajstić information content (AvgIpc) is 3.50. The van der Waals surface area contributed by atoms with Gasteiger partial charge in [-0.15, -0.1) is 0 Å². The number of nitrogen functional groups attached to an aromatic ring is 1. The molecule has 198 valence electrons. The number of imidazole rings is 1. The smallest absolute Gasteiger partial charge is 0.410 e. The Morgan fingerprint density at radius 2 is 1.92 bits per heavy atom. The van der Waals surface area contributed by atoms with Gasteiger partial charge in [-0.1, -0.05) is 6.07 Å². The lowest BCUT2D eigenvalue weighted by atomic mass is 10.0. The van der Waals surface area contributed by atoms with Crippen LogP contribution in [0.4, 0.5) is 10.6 Å². The Morgan fingerprint density at radius 1 is 1.16 bits per heavy atom. The quantitative estimate of drug-likeness (QED) is 0.375. The molecule has 5 rings (SSSR count). The zero-order valence-electron chi connectivity index (χ0n) is 22.0. The number of benzene rings is 1. The predicted molar refractivity (Wildman–Crippen MR) is 144 cm³/mol. The minimum atomic E-state index is -0.538. The van der Waals surface area contributed by atoms with Crippen LogP contribution in [0, 0.1) is 0 Å². The highest BCUT2D eigenvalue weighted by Crippen LogP contribution is 2.30. The van der Waals surface area contributed by atoms with Gasteiger partial charge in [0.15, 0.2) is 0 Å². The van der Waals surface area contributed by atoms with Gasteiger partial charge in [0.2, 0.25) is 0 Å². The van der Waals surface area contributed by atoms with E-state index in [0.717, 1.165) is 16.6 Å². The van der Waals surface area contributed by atoms with Crippen molar-refractivity contribution in [1.82, 2.24) is 34.9 Å². The van der Waals surface area contributed by atoms with Crippen molar-refractivity contribution in [2.24, 2.45) is 7.05 Å². The maximum Gasteiger partial charge on any atom is 0.410 e. The van der Waals surface area contributed by atoms with Crippen molar-refractivity contribution in [2.75, 3.05) is 18.8 Å². The van der Waals surface area contributed by atoms with Gasteiger partial charge in [-0.25, -0.2) is 14.8 Å². The number of hydrogen-bond donors (Lipinski definition) is 3. The molecule has 3 aromatic heterocycles. The second kappa shape index (κ2) is 9.81. The summed E-state index contributed by atoms with van der Waals surface area (Å²) in [7, 11) is 1.85. The van der Waals surface area contributed by atoms with Crippen molar-refractivity contribution >= 4 is 28.9 Å². The van der Waals surface area contributed by atoms with E-state index in [4.69, 9.17) is 15.5 Å². The normalized spacial score (nSPS) is 14.6. The molecule has 0 atom stereocenters. The van der Waals surface area contributed by atoms with Gasteiger partial charge in [0.05, 0.1) is 22.8 Å². The summed E-state index contributed by atoms with van der Waals surface area (Å²) in [5.74, 6) is 0.653. The number of fused-ring (bicyclic) bond motifs is 1. The molecular weight excluding hydrogens is 484 g/mol. The number of carbonyl (C=O) groups is 2. The van der Waals surface area contributed by atoms with Crippen molar-refractivity contribution < 1.29 is 14.3 Å². The van der Waals surface area contributed by atoms with Crippen LogP contribution in [0.2, 0.25) is 0 Å². The van der Waals surface area contributed by atoms with Gasteiger partial charge in [-0.05, 0) is 51.8 Å². The lowest BCUT2D eigenvalue weighted by molar-refractivity contribution is 0.0199. The fraction of sp³-hybridized carbons (Fsp3) is 0.370. The summed E-state index contributed by atoms with van der Waals surface area (Å²) in [4.78, 5) is 39.7. The van der Waals surface area contributed by atoms with Crippen LogP contribution in [-0.2, 0) is 11.8 Å². The third kappa shape index (κ3) is 5.31. The summed E-state index contributed by atoms with van der Waals surface area (Å²) in [6, 6.07) is 7.31. The van der Waals surface area contributed by atoms with E-state index < -0.39 is 5.60 Å². The predicted octanol–water partition coefficient (Wildman–Crippen LogP) is 3.74. The van der Waals surface area contributed by atoms with Crippen molar-refractivity contribution in [2.45, 2.75) is 45.3 Å². The van der Waals surface area contributed by atoms with Crippen LogP contribution in [-0.4, -0.2) is 66.4 Å². The van der Waals surface area contributed by atoms with Gasteiger partial charge in [-0.3, -0.25) is 9.48 Å². The van der Waals surface area contributed by atoms with E-state index in [1.807, 2.05) is 52.2 Å². The van der Waals surface area contributed by atoms with E-state index in [1.54, 1.807) is 28.0 Å². The van der Waals surface area contributed by atoms with Gasteiger partial charge in [0, 0.05) is 49.7 Å². The number of anilines is 1. The number of nitrogens with one attached hydrogen (secondary N) is 2. The summed E-state index contributed by atoms with van der Waals surface area (Å²) < 4.78 is 7.18. The topological polar surface area (TPSA) is 144 Å². The van der Waals surface area contributed by atoms with E-state index in [9.17, 15) is 9.59 Å². The molecule has 0 aliphatic carbocycles. The molecule has 0 spiro atoms. The second-order valence-electron chi connectivity index (χ2n) is 10.6. The molecule has 0 unspecified atom stereocenters. The average molecular weight is 517 g/mol. The van der Waals surface area contributed by atoms with E-state index in [-0.39, 0.29) is 18.0 Å². The van der Waals surface area contributed by atoms with Crippen LogP contribution in [0.3, 0.4) is 0 Å². The first kappa shape index (κ1) is 25.2. The number of likely N-dealkylation sites (tertiary alicyclic amines) is 1. The lowest BCUT2D eigenvalue weighted by Crippen LogP contribution is -2.47. The number of aromatic nitrogens is 5. The molecule has 1 saturated heterocycles. The maximum atomic E-state index is 13.3. The summed E-state index contributed by atoms with van der Waals surface area (Å²) in [5, 5.41) is 7.33. The second-order valence-corrected chi connectivity index (χ2v) is 10.6. The molecule has 0 saturated carbocycles. The maximum absolute atomic E-state index is 13.3. The first-order valence-electron chi connectivity index (χ1n) is 12.6. The monoisotopic (exact) mass is 516 g/mol. The van der Waals surface area contributed by atoms with Crippen molar-refractivity contribution in [1.29, 1.82) is 0 Å². The molecule has 1 aromatic carbocycles. The number of carbonyl (C=O) groups excluding carboxylic acids is 2. The molecule has 11 nitrogen and oxygen atoms in total. The number of aryl methyl sites for hydroxylation is 1. The zero-order chi connectivity index (χ0) is 27.0. The Hall–Kier alpha value is -4.41. The minimum Gasteiger partial charge on any atom is -0.444 e. The number of pyridine rings is 1. The Kier molecular flexibility index (Phi) is 6.52. The van der Waals surface area contributed by atoms with Crippen molar-refractivity contribution in [3.8, 4) is 22.5 Å². The number of aromatic amines is 1. The Balaban J connectivity index is 1.33. The van der Waals surface area contributed by atoms with Gasteiger partial charge in [-0.2, -0.15) is 5.10 Å². The third-order valence-corrected chi connectivity index (χ3v) is 6.45. The molecule has 38 heavy (non-hydrogen) atoms. The van der Waals surface area contributed by atoms with Gasteiger partial charge in [0.1, 0.15) is 22.8 Å². The number of nitrogens with two attached hydrogens (primary N) is 1. The molecule has 11 heteroatoms. The number of nitrogens with zero attached hydrogens (tertiary/aromatic N) is 5. The molecule has 4 N–H and O–H groups in total. The fourth-order valence-corrected chi connectivity index (χ4v) is 4.53. The van der Waals surface area contributed by atoms with Gasteiger partial charge >= 0.3 is 6.09 Å². The lowest BCUT2D eigenvalue weighted by Gasteiger charge is -2.33. The van der Waals surface area contributed by atoms with Gasteiger partial charge < -0.3 is 25.7 Å². The third-order valence-electron chi connectivity index (χ3n) is 6.45. The van der Waals surface area contributed by atoms with E-state index in [1.165, 1.54) is 0 Å². The first-order chi connectivity index (χ1) is 18.1. The number of hydrogen-bond acceptors (Lipinski definition) is 7. The molecule has 0 bridgehead atoms. The highest BCUT2D eigenvalue weighted by molar-refractivity contribution is 6.05. The highest BCUT2D eigenvalue weighted by atomic mass is 16.6. The van der Waals surface area contributed by atoms with Crippen LogP contribution < -0.4 is 11.1 Å². The summed E-state index contributed by atoms with van der Waals surface area (Å²) in [5.41, 5.74) is 9.82. The van der Waals surface area contributed by atoms with Crippen molar-refractivity contribution in [3.05, 3.63) is 48.4 Å². The first-order valence-corrected chi connectivity index (χ1v) is 12.6. The number of ether oxygens (including phenoxy) is 1.